The fourth-order valence-corrected chi connectivity index (χ4v) is 2.78. The lowest BCUT2D eigenvalue weighted by Crippen LogP contribution is -2.34. The first-order valence-electron chi connectivity index (χ1n) is 4.74. The third kappa shape index (κ3) is 2.31. The highest BCUT2D eigenvalue weighted by Crippen LogP contribution is 2.34. The quantitative estimate of drug-likeness (QED) is 0.739. The average molecular weight is 211 g/mol. The number of benzene rings is 1. The molecule has 1 N–H and O–H groups in total. The normalized spacial score (nSPS) is 20.6. The van der Waals surface area contributed by atoms with Crippen LogP contribution in [0.2, 0.25) is 0 Å². The fraction of sp³-hybridized carbons (Fsp3) is 0.400. The third-order valence-corrected chi connectivity index (χ3v) is 3.94. The molecule has 0 aromatic heterocycles. The van der Waals surface area contributed by atoms with E-state index < -0.39 is 8.30 Å². The van der Waals surface area contributed by atoms with Crippen LogP contribution in [0.15, 0.2) is 30.3 Å². The first-order valence-corrected chi connectivity index (χ1v) is 5.99. The molecular formula is C10H14NO2P. The van der Waals surface area contributed by atoms with Crippen molar-refractivity contribution < 1.29 is 9.63 Å². The monoisotopic (exact) mass is 211 g/mol. The molecule has 1 aromatic carbocycles. The molecule has 0 bridgehead atoms. The lowest BCUT2D eigenvalue weighted by Gasteiger charge is -2.30. The van der Waals surface area contributed by atoms with E-state index in [9.17, 15) is 4.89 Å². The van der Waals surface area contributed by atoms with Crippen molar-refractivity contribution in [2.24, 2.45) is 0 Å². The van der Waals surface area contributed by atoms with Gasteiger partial charge in [0.1, 0.15) is 8.30 Å². The standard InChI is InChI=1S/C10H14NO2P/c12-14(10-4-2-1-3-5-10)11-6-8-13-9-7-11/h1-5,12H,6-9H2. The molecule has 1 unspecified atom stereocenters. The minimum atomic E-state index is -1.14. The summed E-state index contributed by atoms with van der Waals surface area (Å²) < 4.78 is 7.33. The van der Waals surface area contributed by atoms with Gasteiger partial charge in [0.05, 0.1) is 13.2 Å². The summed E-state index contributed by atoms with van der Waals surface area (Å²) in [6, 6.07) is 9.83. The number of hydrogen-bond acceptors (Lipinski definition) is 3. The minimum Gasteiger partial charge on any atom is -0.379 e. The molecule has 1 aliphatic rings. The Bertz CT molecular complexity index is 275. The molecule has 1 aliphatic heterocycles. The Morgan fingerprint density at radius 3 is 2.43 bits per heavy atom. The van der Waals surface area contributed by atoms with Gasteiger partial charge >= 0.3 is 0 Å². The van der Waals surface area contributed by atoms with Crippen molar-refractivity contribution in [1.29, 1.82) is 0 Å². The molecule has 0 amide bonds. The highest BCUT2D eigenvalue weighted by atomic mass is 31.2. The maximum absolute atomic E-state index is 10.1. The first kappa shape index (κ1) is 10.1. The van der Waals surface area contributed by atoms with E-state index in [1.807, 2.05) is 30.3 Å². The molecule has 1 aromatic rings. The lowest BCUT2D eigenvalue weighted by molar-refractivity contribution is 0.0724. The SMILES string of the molecule is OP(c1ccccc1)N1CCOCC1. The molecule has 0 aliphatic carbocycles. The summed E-state index contributed by atoms with van der Waals surface area (Å²) in [5, 5.41) is 1.02. The highest BCUT2D eigenvalue weighted by Gasteiger charge is 2.20. The van der Waals surface area contributed by atoms with Crippen LogP contribution in [-0.2, 0) is 4.74 Å². The van der Waals surface area contributed by atoms with Crippen LogP contribution >= 0.6 is 8.30 Å². The van der Waals surface area contributed by atoms with Gasteiger partial charge in [-0.3, -0.25) is 4.67 Å². The first-order chi connectivity index (χ1) is 6.88. The van der Waals surface area contributed by atoms with Gasteiger partial charge in [0, 0.05) is 18.4 Å². The molecular weight excluding hydrogens is 197 g/mol. The summed E-state index contributed by atoms with van der Waals surface area (Å²) in [6.07, 6.45) is 0. The van der Waals surface area contributed by atoms with Crippen LogP contribution < -0.4 is 5.30 Å². The molecule has 14 heavy (non-hydrogen) atoms. The molecule has 2 rings (SSSR count). The molecule has 0 radical (unpaired) electrons. The van der Waals surface area contributed by atoms with Crippen molar-refractivity contribution in [2.45, 2.75) is 0 Å². The van der Waals surface area contributed by atoms with Gasteiger partial charge in [-0.1, -0.05) is 30.3 Å². The van der Waals surface area contributed by atoms with E-state index in [1.54, 1.807) is 0 Å². The summed E-state index contributed by atoms with van der Waals surface area (Å²) >= 11 is 0. The average Bonchev–Trinajstić information content (AvgIpc) is 2.30. The van der Waals surface area contributed by atoms with Crippen molar-refractivity contribution in [1.82, 2.24) is 4.67 Å². The van der Waals surface area contributed by atoms with Gasteiger partial charge in [0.25, 0.3) is 0 Å². The van der Waals surface area contributed by atoms with E-state index in [0.717, 1.165) is 31.6 Å². The third-order valence-electron chi connectivity index (χ3n) is 2.24. The molecule has 1 saturated heterocycles. The number of hydrogen-bond donors (Lipinski definition) is 1. The number of rotatable bonds is 2. The maximum atomic E-state index is 10.1. The van der Waals surface area contributed by atoms with E-state index in [0.29, 0.717) is 0 Å². The zero-order valence-electron chi connectivity index (χ0n) is 7.97. The van der Waals surface area contributed by atoms with E-state index in [4.69, 9.17) is 4.74 Å². The van der Waals surface area contributed by atoms with E-state index in [-0.39, 0.29) is 0 Å². The Kier molecular flexibility index (Phi) is 3.49. The van der Waals surface area contributed by atoms with Gasteiger partial charge in [-0.2, -0.15) is 0 Å². The van der Waals surface area contributed by atoms with Crippen molar-refractivity contribution in [2.75, 3.05) is 26.3 Å². The van der Waals surface area contributed by atoms with Crippen LogP contribution in [-0.4, -0.2) is 35.9 Å². The van der Waals surface area contributed by atoms with Crippen LogP contribution in [0.3, 0.4) is 0 Å². The Morgan fingerprint density at radius 2 is 1.79 bits per heavy atom. The van der Waals surface area contributed by atoms with Crippen LogP contribution in [0.25, 0.3) is 0 Å². The van der Waals surface area contributed by atoms with Crippen molar-refractivity contribution in [3.05, 3.63) is 30.3 Å². The van der Waals surface area contributed by atoms with Crippen LogP contribution in [0.4, 0.5) is 0 Å². The van der Waals surface area contributed by atoms with Crippen molar-refractivity contribution >= 4 is 13.6 Å². The summed E-state index contributed by atoms with van der Waals surface area (Å²) in [4.78, 5) is 10.1. The number of nitrogens with zero attached hydrogens (tertiary/aromatic N) is 1. The lowest BCUT2D eigenvalue weighted by atomic mass is 10.4. The molecule has 1 fully saturated rings. The predicted octanol–water partition coefficient (Wildman–Crippen LogP) is 0.948. The van der Waals surface area contributed by atoms with Crippen LogP contribution in [0.5, 0.6) is 0 Å². The predicted molar refractivity (Wildman–Crippen MR) is 57.6 cm³/mol. The van der Waals surface area contributed by atoms with Gasteiger partial charge < -0.3 is 9.63 Å². The van der Waals surface area contributed by atoms with Gasteiger partial charge in [0.15, 0.2) is 0 Å². The molecule has 0 spiro atoms. The van der Waals surface area contributed by atoms with Gasteiger partial charge in [-0.25, -0.2) is 0 Å². The van der Waals surface area contributed by atoms with Gasteiger partial charge in [0.2, 0.25) is 0 Å². The number of ether oxygens (including phenoxy) is 1. The molecule has 1 heterocycles. The Balaban J connectivity index is 2.03. The second kappa shape index (κ2) is 4.85. The topological polar surface area (TPSA) is 32.7 Å². The second-order valence-electron chi connectivity index (χ2n) is 3.19. The van der Waals surface area contributed by atoms with Gasteiger partial charge in [-0.05, 0) is 0 Å². The Hall–Kier alpha value is -0.470. The van der Waals surface area contributed by atoms with Gasteiger partial charge in [-0.15, -0.1) is 0 Å². The van der Waals surface area contributed by atoms with E-state index >= 15 is 0 Å². The summed E-state index contributed by atoms with van der Waals surface area (Å²) in [5.41, 5.74) is 0. The maximum Gasteiger partial charge on any atom is 0.134 e. The molecule has 1 atom stereocenters. The zero-order chi connectivity index (χ0) is 9.80. The van der Waals surface area contributed by atoms with E-state index in [1.165, 1.54) is 0 Å². The largest absolute Gasteiger partial charge is 0.379 e. The molecule has 0 saturated carbocycles. The van der Waals surface area contributed by atoms with Crippen molar-refractivity contribution in [3.63, 3.8) is 0 Å². The molecule has 76 valence electrons. The van der Waals surface area contributed by atoms with Crippen molar-refractivity contribution in [3.8, 4) is 0 Å². The Morgan fingerprint density at radius 1 is 1.14 bits per heavy atom. The van der Waals surface area contributed by atoms with Crippen LogP contribution in [0, 0.1) is 0 Å². The molecule has 3 nitrogen and oxygen atoms in total. The highest BCUT2D eigenvalue weighted by molar-refractivity contribution is 7.57. The number of morpholine rings is 1. The smallest absolute Gasteiger partial charge is 0.134 e. The Labute approximate surface area is 85.2 Å². The summed E-state index contributed by atoms with van der Waals surface area (Å²) in [5.74, 6) is 0. The molecule has 4 heteroatoms. The minimum absolute atomic E-state index is 0.728. The van der Waals surface area contributed by atoms with E-state index in [2.05, 4.69) is 4.67 Å². The fourth-order valence-electron chi connectivity index (χ4n) is 1.47. The second-order valence-corrected chi connectivity index (χ2v) is 4.85. The zero-order valence-corrected chi connectivity index (χ0v) is 8.86. The van der Waals surface area contributed by atoms with Crippen LogP contribution in [0.1, 0.15) is 0 Å². The summed E-state index contributed by atoms with van der Waals surface area (Å²) in [6.45, 7) is 3.12. The summed E-state index contributed by atoms with van der Waals surface area (Å²) in [7, 11) is -1.14.